The molecule has 0 bridgehead atoms. The molecule has 56 heavy (non-hydrogen) atoms. The smallest absolute Gasteiger partial charge is 0.0620 e. The number of anilines is 3. The van der Waals surface area contributed by atoms with E-state index in [9.17, 15) is 0 Å². The Kier molecular flexibility index (Phi) is 6.98. The van der Waals surface area contributed by atoms with Crippen molar-refractivity contribution in [2.75, 3.05) is 4.90 Å². The van der Waals surface area contributed by atoms with Crippen LogP contribution in [-0.4, -0.2) is 4.57 Å². The molecule has 2 heteroatoms. The van der Waals surface area contributed by atoms with Crippen molar-refractivity contribution >= 4 is 38.9 Å². The van der Waals surface area contributed by atoms with Crippen molar-refractivity contribution < 1.29 is 0 Å². The lowest BCUT2D eigenvalue weighted by atomic mass is 9.82. The number of rotatable bonds is 5. The lowest BCUT2D eigenvalue weighted by molar-refractivity contribution is 0.660. The molecule has 0 fully saturated rings. The zero-order valence-corrected chi connectivity index (χ0v) is 32.2. The van der Waals surface area contributed by atoms with Gasteiger partial charge >= 0.3 is 0 Å². The lowest BCUT2D eigenvalue weighted by Crippen LogP contribution is -2.17. The Labute approximate surface area is 328 Å². The van der Waals surface area contributed by atoms with E-state index in [1.165, 1.54) is 77.4 Å². The summed E-state index contributed by atoms with van der Waals surface area (Å²) < 4.78 is 2.45. The van der Waals surface area contributed by atoms with Crippen LogP contribution >= 0.6 is 0 Å². The first kappa shape index (κ1) is 32.8. The molecule has 11 rings (SSSR count). The molecule has 2 nitrogen and oxygen atoms in total. The number of benzene rings is 8. The van der Waals surface area contributed by atoms with Gasteiger partial charge in [0.2, 0.25) is 0 Å². The minimum Gasteiger partial charge on any atom is -0.310 e. The highest BCUT2D eigenvalue weighted by Crippen LogP contribution is 2.54. The Morgan fingerprint density at radius 1 is 0.375 bits per heavy atom. The van der Waals surface area contributed by atoms with Gasteiger partial charge in [-0.15, -0.1) is 0 Å². The molecule has 0 spiro atoms. The summed E-state index contributed by atoms with van der Waals surface area (Å²) in [6.07, 6.45) is 0. The fourth-order valence-corrected chi connectivity index (χ4v) is 10.1. The van der Waals surface area contributed by atoms with E-state index in [4.69, 9.17) is 0 Å². The van der Waals surface area contributed by atoms with Gasteiger partial charge in [0, 0.05) is 49.8 Å². The van der Waals surface area contributed by atoms with Crippen molar-refractivity contribution in [2.45, 2.75) is 38.5 Å². The van der Waals surface area contributed by atoms with Crippen LogP contribution in [0.2, 0.25) is 0 Å². The fraction of sp³-hybridized carbons (Fsp3) is 0.111. The van der Waals surface area contributed by atoms with Gasteiger partial charge < -0.3 is 9.47 Å². The molecule has 268 valence electrons. The fourth-order valence-electron chi connectivity index (χ4n) is 10.1. The first-order valence-corrected chi connectivity index (χ1v) is 19.8. The molecule has 0 amide bonds. The van der Waals surface area contributed by atoms with Crippen LogP contribution in [0.5, 0.6) is 0 Å². The SMILES string of the molecule is CC1(C)c2ccccc2-c2cc(N(c3ccc4c(c3)C(C)(C)c3ccccc3-4)c3ccccc3-c3cccc4c5ccccc5n(-c5ccccc5)c34)ccc21. The van der Waals surface area contributed by atoms with E-state index >= 15 is 0 Å². The van der Waals surface area contributed by atoms with E-state index in [1.54, 1.807) is 0 Å². The molecule has 1 heterocycles. The zero-order chi connectivity index (χ0) is 37.8. The predicted octanol–water partition coefficient (Wildman–Crippen LogP) is 14.5. The number of aromatic nitrogens is 1. The van der Waals surface area contributed by atoms with Gasteiger partial charge in [-0.25, -0.2) is 0 Å². The average Bonchev–Trinajstić information content (AvgIpc) is 3.78. The first-order chi connectivity index (χ1) is 27.3. The van der Waals surface area contributed by atoms with E-state index in [2.05, 4.69) is 219 Å². The minimum atomic E-state index is -0.129. The Bertz CT molecular complexity index is 3030. The van der Waals surface area contributed by atoms with Gasteiger partial charge in [0.05, 0.1) is 16.7 Å². The molecule has 2 aliphatic carbocycles. The summed E-state index contributed by atoms with van der Waals surface area (Å²) in [7, 11) is 0. The number of hydrogen-bond acceptors (Lipinski definition) is 1. The van der Waals surface area contributed by atoms with Gasteiger partial charge in [0.1, 0.15) is 0 Å². The van der Waals surface area contributed by atoms with Gasteiger partial charge in [-0.05, 0) is 93.0 Å². The normalized spacial score (nSPS) is 14.4. The van der Waals surface area contributed by atoms with E-state index in [1.807, 2.05) is 0 Å². The molecule has 1 aromatic heterocycles. The maximum atomic E-state index is 2.51. The highest BCUT2D eigenvalue weighted by Gasteiger charge is 2.38. The molecule has 8 aromatic carbocycles. The molecule has 0 saturated carbocycles. The Morgan fingerprint density at radius 2 is 0.911 bits per heavy atom. The molecule has 0 atom stereocenters. The van der Waals surface area contributed by atoms with E-state index in [0.29, 0.717) is 0 Å². The van der Waals surface area contributed by atoms with Crippen molar-refractivity contribution in [3.8, 4) is 39.1 Å². The van der Waals surface area contributed by atoms with Gasteiger partial charge in [0.25, 0.3) is 0 Å². The van der Waals surface area contributed by atoms with Crippen LogP contribution in [0.1, 0.15) is 49.9 Å². The summed E-state index contributed by atoms with van der Waals surface area (Å²) in [5.74, 6) is 0. The first-order valence-electron chi connectivity index (χ1n) is 19.8. The monoisotopic (exact) mass is 718 g/mol. The largest absolute Gasteiger partial charge is 0.310 e. The summed E-state index contributed by atoms with van der Waals surface area (Å²) in [5, 5.41) is 2.50. The molecule has 0 radical (unpaired) electrons. The maximum absolute atomic E-state index is 2.51. The van der Waals surface area contributed by atoms with Crippen molar-refractivity contribution in [1.82, 2.24) is 4.57 Å². The molecule has 0 unspecified atom stereocenters. The van der Waals surface area contributed by atoms with Gasteiger partial charge in [0.15, 0.2) is 0 Å². The number of nitrogens with zero attached hydrogens (tertiary/aromatic N) is 2. The minimum absolute atomic E-state index is 0.0724. The molecular formula is C54H42N2. The van der Waals surface area contributed by atoms with Crippen molar-refractivity contribution in [3.05, 3.63) is 204 Å². The van der Waals surface area contributed by atoms with Gasteiger partial charge in [-0.2, -0.15) is 0 Å². The summed E-state index contributed by atoms with van der Waals surface area (Å²) in [6, 6.07) is 67.6. The Hall–Kier alpha value is -6.64. The van der Waals surface area contributed by atoms with Crippen LogP contribution in [0.25, 0.3) is 60.9 Å². The Balaban J connectivity index is 1.19. The summed E-state index contributed by atoms with van der Waals surface area (Å²) in [5.41, 5.74) is 20.0. The highest BCUT2D eigenvalue weighted by molar-refractivity contribution is 6.15. The van der Waals surface area contributed by atoms with Crippen molar-refractivity contribution in [3.63, 3.8) is 0 Å². The summed E-state index contributed by atoms with van der Waals surface area (Å²) in [4.78, 5) is 2.51. The van der Waals surface area contributed by atoms with E-state index in [0.717, 1.165) is 22.7 Å². The second-order valence-electron chi connectivity index (χ2n) is 16.5. The van der Waals surface area contributed by atoms with Crippen LogP contribution < -0.4 is 4.90 Å². The second kappa shape index (κ2) is 11.9. The van der Waals surface area contributed by atoms with Crippen LogP contribution in [0.15, 0.2) is 182 Å². The third-order valence-electron chi connectivity index (χ3n) is 12.8. The average molecular weight is 719 g/mol. The summed E-state index contributed by atoms with van der Waals surface area (Å²) in [6.45, 7) is 9.46. The number of hydrogen-bond donors (Lipinski definition) is 0. The quantitative estimate of drug-likeness (QED) is 0.172. The molecule has 9 aromatic rings. The maximum Gasteiger partial charge on any atom is 0.0620 e. The zero-order valence-electron chi connectivity index (χ0n) is 32.2. The topological polar surface area (TPSA) is 8.17 Å². The predicted molar refractivity (Wildman–Crippen MR) is 236 cm³/mol. The summed E-state index contributed by atoms with van der Waals surface area (Å²) >= 11 is 0. The third-order valence-corrected chi connectivity index (χ3v) is 12.8. The van der Waals surface area contributed by atoms with Crippen LogP contribution in [0.3, 0.4) is 0 Å². The third kappa shape index (κ3) is 4.56. The molecule has 2 aliphatic rings. The highest BCUT2D eigenvalue weighted by atomic mass is 15.1. The van der Waals surface area contributed by atoms with Crippen LogP contribution in [-0.2, 0) is 10.8 Å². The van der Waals surface area contributed by atoms with Crippen LogP contribution in [0.4, 0.5) is 17.1 Å². The van der Waals surface area contributed by atoms with Crippen molar-refractivity contribution in [2.24, 2.45) is 0 Å². The lowest BCUT2D eigenvalue weighted by Gasteiger charge is -2.30. The Morgan fingerprint density at radius 3 is 1.70 bits per heavy atom. The van der Waals surface area contributed by atoms with Gasteiger partial charge in [-0.1, -0.05) is 161 Å². The molecular weight excluding hydrogens is 677 g/mol. The molecule has 0 aliphatic heterocycles. The molecule has 0 saturated heterocycles. The van der Waals surface area contributed by atoms with E-state index < -0.39 is 0 Å². The van der Waals surface area contributed by atoms with E-state index in [-0.39, 0.29) is 10.8 Å². The number of fused-ring (bicyclic) bond motifs is 9. The van der Waals surface area contributed by atoms with Gasteiger partial charge in [-0.3, -0.25) is 0 Å². The second-order valence-corrected chi connectivity index (χ2v) is 16.5. The standard InChI is InChI=1S/C54H42N2/c1-53(2)47-26-13-9-20-39(47)45-33-36(30-32-48(45)53)55(37-29-31-40-38-19-8-12-25-46(38)54(3,4)49(40)34-37)50-27-14-10-21-41(50)43-23-16-24-44-42-22-11-15-28-51(42)56(52(43)44)35-17-6-5-7-18-35/h5-34H,1-4H3. The molecule has 0 N–H and O–H groups in total. The number of para-hydroxylation sites is 4. The van der Waals surface area contributed by atoms with Crippen LogP contribution in [0, 0.1) is 0 Å². The van der Waals surface area contributed by atoms with Crippen molar-refractivity contribution in [1.29, 1.82) is 0 Å².